The van der Waals surface area contributed by atoms with Crippen LogP contribution >= 0.6 is 0 Å². The number of rotatable bonds is 4. The summed E-state index contributed by atoms with van der Waals surface area (Å²) in [5.41, 5.74) is 2.66. The van der Waals surface area contributed by atoms with Crippen LogP contribution in [-0.4, -0.2) is 15.9 Å². The minimum absolute atomic E-state index is 0.221. The van der Waals surface area contributed by atoms with Crippen molar-refractivity contribution in [2.45, 2.75) is 19.4 Å². The molecule has 0 aliphatic carbocycles. The highest BCUT2D eigenvalue weighted by atomic mass is 16.5. The minimum Gasteiger partial charge on any atom is -0.457 e. The Hall–Kier alpha value is -2.75. The normalized spacial score (nSPS) is 12.0. The van der Waals surface area contributed by atoms with E-state index in [0.29, 0.717) is 0 Å². The van der Waals surface area contributed by atoms with E-state index in [0.717, 1.165) is 22.0 Å². The lowest BCUT2D eigenvalue weighted by atomic mass is 10.1. The molecule has 3 aromatic rings. The van der Waals surface area contributed by atoms with Crippen molar-refractivity contribution in [2.75, 3.05) is 0 Å². The van der Waals surface area contributed by atoms with E-state index in [4.69, 9.17) is 4.74 Å². The largest absolute Gasteiger partial charge is 0.457 e. The molecule has 0 aliphatic rings. The fourth-order valence-electron chi connectivity index (χ4n) is 2.29. The van der Waals surface area contributed by atoms with Crippen molar-refractivity contribution < 1.29 is 9.53 Å². The van der Waals surface area contributed by atoms with Gasteiger partial charge < -0.3 is 4.74 Å². The number of nitrogens with zero attached hydrogens (tertiary/aromatic N) is 2. The van der Waals surface area contributed by atoms with E-state index >= 15 is 0 Å². The van der Waals surface area contributed by atoms with Crippen LogP contribution < -0.4 is 0 Å². The number of carbonyl (C=O) groups excluding carboxylic acids is 1. The molecule has 0 aliphatic heterocycles. The standard InChI is InChI=1S/C18H16N2O2/c1-13(22-18(21)9-14-5-4-8-19-11-14)16-10-15-6-2-3-7-17(15)20-12-16/h2-8,10-13H,9H2,1H3. The van der Waals surface area contributed by atoms with Crippen LogP contribution in [0.3, 0.4) is 0 Å². The fraction of sp³-hybridized carbons (Fsp3) is 0.167. The van der Waals surface area contributed by atoms with Crippen LogP contribution in [-0.2, 0) is 16.0 Å². The number of esters is 1. The lowest BCUT2D eigenvalue weighted by Crippen LogP contribution is -2.11. The van der Waals surface area contributed by atoms with Gasteiger partial charge in [-0.05, 0) is 30.7 Å². The summed E-state index contributed by atoms with van der Waals surface area (Å²) in [7, 11) is 0. The van der Waals surface area contributed by atoms with Crippen LogP contribution in [0.2, 0.25) is 0 Å². The number of benzene rings is 1. The SMILES string of the molecule is CC(OC(=O)Cc1cccnc1)c1cnc2ccccc2c1. The first-order valence-corrected chi connectivity index (χ1v) is 7.15. The molecule has 0 amide bonds. The molecule has 0 bridgehead atoms. The van der Waals surface area contributed by atoms with Gasteiger partial charge in [0.25, 0.3) is 0 Å². The maximum atomic E-state index is 12.0. The zero-order chi connectivity index (χ0) is 15.4. The van der Waals surface area contributed by atoms with E-state index in [1.165, 1.54) is 0 Å². The third-order valence-corrected chi connectivity index (χ3v) is 3.46. The number of pyridine rings is 2. The Labute approximate surface area is 128 Å². The quantitative estimate of drug-likeness (QED) is 0.691. The molecule has 0 N–H and O–H groups in total. The van der Waals surface area contributed by atoms with Gasteiger partial charge in [0.15, 0.2) is 0 Å². The monoisotopic (exact) mass is 292 g/mol. The Morgan fingerprint density at radius 2 is 2.05 bits per heavy atom. The van der Waals surface area contributed by atoms with Crippen LogP contribution in [0, 0.1) is 0 Å². The summed E-state index contributed by atoms with van der Waals surface area (Å²) in [5, 5.41) is 1.04. The van der Waals surface area contributed by atoms with Crippen molar-refractivity contribution >= 4 is 16.9 Å². The lowest BCUT2D eigenvalue weighted by molar-refractivity contribution is -0.147. The molecule has 1 unspecified atom stereocenters. The topological polar surface area (TPSA) is 52.1 Å². The van der Waals surface area contributed by atoms with Crippen LogP contribution in [0.1, 0.15) is 24.2 Å². The molecule has 4 nitrogen and oxygen atoms in total. The summed E-state index contributed by atoms with van der Waals surface area (Å²) in [6.07, 6.45) is 4.99. The fourth-order valence-corrected chi connectivity index (χ4v) is 2.29. The summed E-state index contributed by atoms with van der Waals surface area (Å²) >= 11 is 0. The number of para-hydroxylation sites is 1. The highest BCUT2D eigenvalue weighted by Gasteiger charge is 2.13. The molecule has 1 aromatic carbocycles. The van der Waals surface area contributed by atoms with Gasteiger partial charge in [0.1, 0.15) is 6.10 Å². The zero-order valence-electron chi connectivity index (χ0n) is 12.3. The van der Waals surface area contributed by atoms with Crippen LogP contribution in [0.25, 0.3) is 10.9 Å². The van der Waals surface area contributed by atoms with E-state index < -0.39 is 0 Å². The highest BCUT2D eigenvalue weighted by molar-refractivity contribution is 5.79. The van der Waals surface area contributed by atoms with Crippen LogP contribution in [0.4, 0.5) is 0 Å². The van der Waals surface area contributed by atoms with Gasteiger partial charge in [0, 0.05) is 29.5 Å². The summed E-state index contributed by atoms with van der Waals surface area (Å²) in [6.45, 7) is 1.85. The smallest absolute Gasteiger partial charge is 0.310 e. The molecule has 22 heavy (non-hydrogen) atoms. The zero-order valence-corrected chi connectivity index (χ0v) is 12.3. The lowest BCUT2D eigenvalue weighted by Gasteiger charge is -2.14. The Balaban J connectivity index is 1.70. The molecule has 0 saturated heterocycles. The number of hydrogen-bond acceptors (Lipinski definition) is 4. The maximum absolute atomic E-state index is 12.0. The van der Waals surface area contributed by atoms with Crippen LogP contribution in [0.15, 0.2) is 61.1 Å². The van der Waals surface area contributed by atoms with Crippen molar-refractivity contribution in [2.24, 2.45) is 0 Å². The first kappa shape index (κ1) is 14.2. The predicted molar refractivity (Wildman–Crippen MR) is 84.2 cm³/mol. The average Bonchev–Trinajstić information content (AvgIpc) is 2.55. The maximum Gasteiger partial charge on any atom is 0.310 e. The molecule has 0 spiro atoms. The van der Waals surface area contributed by atoms with Crippen LogP contribution in [0.5, 0.6) is 0 Å². The summed E-state index contributed by atoms with van der Waals surface area (Å²) in [5.74, 6) is -0.270. The van der Waals surface area contributed by atoms with Crippen molar-refractivity contribution in [3.05, 3.63) is 72.2 Å². The summed E-state index contributed by atoms with van der Waals surface area (Å²) in [4.78, 5) is 20.4. The van der Waals surface area contributed by atoms with Gasteiger partial charge in [0.05, 0.1) is 11.9 Å². The third kappa shape index (κ3) is 3.28. The van der Waals surface area contributed by atoms with Crippen molar-refractivity contribution in [1.82, 2.24) is 9.97 Å². The minimum atomic E-state index is -0.332. The Kier molecular flexibility index (Phi) is 4.10. The van der Waals surface area contributed by atoms with Gasteiger partial charge in [0.2, 0.25) is 0 Å². The van der Waals surface area contributed by atoms with Gasteiger partial charge in [-0.2, -0.15) is 0 Å². The molecular weight excluding hydrogens is 276 g/mol. The van der Waals surface area contributed by atoms with E-state index in [1.807, 2.05) is 43.3 Å². The molecule has 0 fully saturated rings. The number of aromatic nitrogens is 2. The Morgan fingerprint density at radius 1 is 1.18 bits per heavy atom. The van der Waals surface area contributed by atoms with Gasteiger partial charge >= 0.3 is 5.97 Å². The highest BCUT2D eigenvalue weighted by Crippen LogP contribution is 2.21. The second-order valence-electron chi connectivity index (χ2n) is 5.13. The molecule has 0 radical (unpaired) electrons. The first-order chi connectivity index (χ1) is 10.7. The second-order valence-corrected chi connectivity index (χ2v) is 5.13. The third-order valence-electron chi connectivity index (χ3n) is 3.46. The molecule has 2 aromatic heterocycles. The van der Waals surface area contributed by atoms with E-state index in [9.17, 15) is 4.79 Å². The molecule has 1 atom stereocenters. The molecule has 2 heterocycles. The molecule has 0 saturated carbocycles. The van der Waals surface area contributed by atoms with Crippen molar-refractivity contribution in [3.8, 4) is 0 Å². The van der Waals surface area contributed by atoms with Crippen molar-refractivity contribution in [1.29, 1.82) is 0 Å². The number of fused-ring (bicyclic) bond motifs is 1. The average molecular weight is 292 g/mol. The van der Waals surface area contributed by atoms with Crippen molar-refractivity contribution in [3.63, 3.8) is 0 Å². The number of carbonyl (C=O) groups is 1. The van der Waals surface area contributed by atoms with Gasteiger partial charge in [-0.15, -0.1) is 0 Å². The van der Waals surface area contributed by atoms with Gasteiger partial charge in [-0.25, -0.2) is 0 Å². The molecule has 3 rings (SSSR count). The predicted octanol–water partition coefficient (Wildman–Crippen LogP) is 3.48. The second kappa shape index (κ2) is 6.35. The Morgan fingerprint density at radius 3 is 2.86 bits per heavy atom. The van der Waals surface area contributed by atoms with Gasteiger partial charge in [-0.3, -0.25) is 14.8 Å². The molecule has 110 valence electrons. The number of ether oxygens (including phenoxy) is 1. The summed E-state index contributed by atoms with van der Waals surface area (Å²) in [6, 6.07) is 13.5. The number of hydrogen-bond donors (Lipinski definition) is 0. The first-order valence-electron chi connectivity index (χ1n) is 7.15. The molecule has 4 heteroatoms. The van der Waals surface area contributed by atoms with E-state index in [-0.39, 0.29) is 18.5 Å². The van der Waals surface area contributed by atoms with Gasteiger partial charge in [-0.1, -0.05) is 24.3 Å². The summed E-state index contributed by atoms with van der Waals surface area (Å²) < 4.78 is 5.48. The Bertz CT molecular complexity index is 787. The molecular formula is C18H16N2O2. The van der Waals surface area contributed by atoms with E-state index in [1.54, 1.807) is 24.7 Å². The van der Waals surface area contributed by atoms with E-state index in [2.05, 4.69) is 9.97 Å².